The average Bonchev–Trinajstić information content (AvgIpc) is 2.41. The molecule has 2 aromatic carbocycles. The maximum absolute atomic E-state index is 12.0. The van der Waals surface area contributed by atoms with Crippen molar-refractivity contribution >= 4 is 11.6 Å². The highest BCUT2D eigenvalue weighted by molar-refractivity contribution is 5.93. The molecule has 2 aromatic rings. The molecule has 2 rings (SSSR count). The second kappa shape index (κ2) is 5.57. The van der Waals surface area contributed by atoms with E-state index in [2.05, 4.69) is 5.32 Å². The third-order valence-electron chi connectivity index (χ3n) is 3.24. The SMILES string of the molecule is Cc1c(O)ccc(NC(=O)Cc2ccccc2)c1C. The molecule has 3 heteroatoms. The minimum absolute atomic E-state index is 0.0561. The summed E-state index contributed by atoms with van der Waals surface area (Å²) in [6, 6.07) is 12.9. The van der Waals surface area contributed by atoms with Crippen LogP contribution in [0, 0.1) is 13.8 Å². The molecule has 0 heterocycles. The van der Waals surface area contributed by atoms with Crippen molar-refractivity contribution in [3.8, 4) is 5.75 Å². The number of benzene rings is 2. The molecule has 0 saturated heterocycles. The zero-order valence-electron chi connectivity index (χ0n) is 11.1. The van der Waals surface area contributed by atoms with Gasteiger partial charge in [0.1, 0.15) is 5.75 Å². The number of anilines is 1. The van der Waals surface area contributed by atoms with Crippen molar-refractivity contribution in [3.63, 3.8) is 0 Å². The van der Waals surface area contributed by atoms with Gasteiger partial charge in [0, 0.05) is 5.69 Å². The van der Waals surface area contributed by atoms with Gasteiger partial charge >= 0.3 is 0 Å². The lowest BCUT2D eigenvalue weighted by molar-refractivity contribution is -0.115. The van der Waals surface area contributed by atoms with Gasteiger partial charge in [0.05, 0.1) is 6.42 Å². The first-order valence-electron chi connectivity index (χ1n) is 6.21. The van der Waals surface area contributed by atoms with Crippen molar-refractivity contribution in [3.05, 3.63) is 59.2 Å². The van der Waals surface area contributed by atoms with E-state index in [1.54, 1.807) is 12.1 Å². The molecule has 98 valence electrons. The molecular formula is C16H17NO2. The lowest BCUT2D eigenvalue weighted by atomic mass is 10.1. The fourth-order valence-corrected chi connectivity index (χ4v) is 1.92. The normalized spacial score (nSPS) is 10.2. The molecule has 0 atom stereocenters. The van der Waals surface area contributed by atoms with Crippen LogP contribution in [-0.4, -0.2) is 11.0 Å². The van der Waals surface area contributed by atoms with E-state index < -0.39 is 0 Å². The molecule has 0 bridgehead atoms. The van der Waals surface area contributed by atoms with Crippen molar-refractivity contribution in [1.29, 1.82) is 0 Å². The Morgan fingerprint density at radius 1 is 1.05 bits per heavy atom. The molecule has 0 aromatic heterocycles. The number of aromatic hydroxyl groups is 1. The van der Waals surface area contributed by atoms with Gasteiger partial charge in [0.25, 0.3) is 0 Å². The van der Waals surface area contributed by atoms with Gasteiger partial charge in [-0.1, -0.05) is 30.3 Å². The van der Waals surface area contributed by atoms with E-state index in [4.69, 9.17) is 0 Å². The van der Waals surface area contributed by atoms with Gasteiger partial charge in [-0.3, -0.25) is 4.79 Å². The molecule has 0 fully saturated rings. The molecular weight excluding hydrogens is 238 g/mol. The Labute approximate surface area is 112 Å². The third kappa shape index (κ3) is 3.13. The third-order valence-corrected chi connectivity index (χ3v) is 3.24. The van der Waals surface area contributed by atoms with Crippen LogP contribution >= 0.6 is 0 Å². The highest BCUT2D eigenvalue weighted by Crippen LogP contribution is 2.26. The molecule has 19 heavy (non-hydrogen) atoms. The van der Waals surface area contributed by atoms with E-state index in [1.165, 1.54) is 0 Å². The van der Waals surface area contributed by atoms with Gasteiger partial charge < -0.3 is 10.4 Å². The largest absolute Gasteiger partial charge is 0.508 e. The average molecular weight is 255 g/mol. The maximum atomic E-state index is 12.0. The quantitative estimate of drug-likeness (QED) is 0.827. The number of rotatable bonds is 3. The minimum Gasteiger partial charge on any atom is -0.508 e. The number of carbonyl (C=O) groups excluding carboxylic acids is 1. The first-order valence-corrected chi connectivity index (χ1v) is 6.21. The molecule has 1 amide bonds. The number of phenols is 1. The first-order chi connectivity index (χ1) is 9.08. The predicted molar refractivity (Wildman–Crippen MR) is 76.4 cm³/mol. The van der Waals surface area contributed by atoms with Crippen molar-refractivity contribution < 1.29 is 9.90 Å². The van der Waals surface area contributed by atoms with Crippen LogP contribution in [-0.2, 0) is 11.2 Å². The van der Waals surface area contributed by atoms with Crippen LogP contribution in [0.15, 0.2) is 42.5 Å². The van der Waals surface area contributed by atoms with Crippen LogP contribution in [0.25, 0.3) is 0 Å². The van der Waals surface area contributed by atoms with Gasteiger partial charge in [0.2, 0.25) is 5.91 Å². The molecule has 2 N–H and O–H groups in total. The van der Waals surface area contributed by atoms with Gasteiger partial charge in [-0.2, -0.15) is 0 Å². The topological polar surface area (TPSA) is 49.3 Å². The van der Waals surface area contributed by atoms with Gasteiger partial charge in [-0.25, -0.2) is 0 Å². The summed E-state index contributed by atoms with van der Waals surface area (Å²) in [6.45, 7) is 3.71. The smallest absolute Gasteiger partial charge is 0.228 e. The second-order valence-electron chi connectivity index (χ2n) is 4.59. The summed E-state index contributed by atoms with van der Waals surface area (Å²) in [7, 11) is 0. The molecule has 0 radical (unpaired) electrons. The molecule has 0 saturated carbocycles. The first kappa shape index (κ1) is 13.1. The summed E-state index contributed by atoms with van der Waals surface area (Å²) in [6.07, 6.45) is 0.347. The Bertz CT molecular complexity index is 591. The van der Waals surface area contributed by atoms with Crippen LogP contribution in [0.5, 0.6) is 5.75 Å². The highest BCUT2D eigenvalue weighted by Gasteiger charge is 2.09. The van der Waals surface area contributed by atoms with E-state index in [9.17, 15) is 9.90 Å². The molecule has 3 nitrogen and oxygen atoms in total. The van der Waals surface area contributed by atoms with Crippen molar-refractivity contribution in [2.24, 2.45) is 0 Å². The maximum Gasteiger partial charge on any atom is 0.228 e. The summed E-state index contributed by atoms with van der Waals surface area (Å²) in [5, 5.41) is 12.5. The lowest BCUT2D eigenvalue weighted by Crippen LogP contribution is -2.15. The molecule has 0 aliphatic carbocycles. The summed E-state index contributed by atoms with van der Waals surface area (Å²) < 4.78 is 0. The standard InChI is InChI=1S/C16H17NO2/c1-11-12(2)15(18)9-8-14(11)17-16(19)10-13-6-4-3-5-7-13/h3-9,18H,10H2,1-2H3,(H,17,19). The van der Waals surface area contributed by atoms with Gasteiger partial charge in [-0.15, -0.1) is 0 Å². The van der Waals surface area contributed by atoms with Crippen molar-refractivity contribution in [2.75, 3.05) is 5.32 Å². The van der Waals surface area contributed by atoms with Crippen molar-refractivity contribution in [2.45, 2.75) is 20.3 Å². The van der Waals surface area contributed by atoms with Gasteiger partial charge in [-0.05, 0) is 42.7 Å². The summed E-state index contributed by atoms with van der Waals surface area (Å²) in [4.78, 5) is 12.0. The summed E-state index contributed by atoms with van der Waals surface area (Å²) in [5.74, 6) is 0.193. The zero-order chi connectivity index (χ0) is 13.8. The Morgan fingerprint density at radius 3 is 2.42 bits per heavy atom. The Kier molecular flexibility index (Phi) is 3.85. The molecule has 0 aliphatic rings. The number of hydrogen-bond acceptors (Lipinski definition) is 2. The zero-order valence-corrected chi connectivity index (χ0v) is 11.1. The number of phenolic OH excluding ortho intramolecular Hbond substituents is 1. The van der Waals surface area contributed by atoms with Crippen LogP contribution in [0.3, 0.4) is 0 Å². The fraction of sp³-hybridized carbons (Fsp3) is 0.188. The van der Waals surface area contributed by atoms with E-state index in [-0.39, 0.29) is 11.7 Å². The Hall–Kier alpha value is -2.29. The van der Waals surface area contributed by atoms with Crippen LogP contribution in [0.4, 0.5) is 5.69 Å². The van der Waals surface area contributed by atoms with Crippen LogP contribution in [0.2, 0.25) is 0 Å². The number of nitrogens with one attached hydrogen (secondary N) is 1. The van der Waals surface area contributed by atoms with E-state index >= 15 is 0 Å². The number of carbonyl (C=O) groups is 1. The monoisotopic (exact) mass is 255 g/mol. The van der Waals surface area contributed by atoms with E-state index in [0.29, 0.717) is 6.42 Å². The fourth-order valence-electron chi connectivity index (χ4n) is 1.92. The minimum atomic E-state index is -0.0561. The molecule has 0 spiro atoms. The van der Waals surface area contributed by atoms with E-state index in [1.807, 2.05) is 44.2 Å². The van der Waals surface area contributed by atoms with Crippen LogP contribution in [0.1, 0.15) is 16.7 Å². The van der Waals surface area contributed by atoms with E-state index in [0.717, 1.165) is 22.4 Å². The highest BCUT2D eigenvalue weighted by atomic mass is 16.3. The Morgan fingerprint density at radius 2 is 1.74 bits per heavy atom. The van der Waals surface area contributed by atoms with Crippen molar-refractivity contribution in [1.82, 2.24) is 0 Å². The Balaban J connectivity index is 2.10. The predicted octanol–water partition coefficient (Wildman–Crippen LogP) is 3.19. The van der Waals surface area contributed by atoms with Gasteiger partial charge in [0.15, 0.2) is 0 Å². The number of hydrogen-bond donors (Lipinski definition) is 2. The number of amides is 1. The van der Waals surface area contributed by atoms with Crippen LogP contribution < -0.4 is 5.32 Å². The summed E-state index contributed by atoms with van der Waals surface area (Å²) >= 11 is 0. The second-order valence-corrected chi connectivity index (χ2v) is 4.59. The summed E-state index contributed by atoms with van der Waals surface area (Å²) in [5.41, 5.74) is 3.41. The lowest BCUT2D eigenvalue weighted by Gasteiger charge is -2.11. The molecule has 0 unspecified atom stereocenters. The molecule has 0 aliphatic heterocycles.